The van der Waals surface area contributed by atoms with Gasteiger partial charge in [0, 0.05) is 17.6 Å². The molecule has 9 heteroatoms. The highest BCUT2D eigenvalue weighted by molar-refractivity contribution is 7.88. The molecule has 3 rings (SSSR count). The van der Waals surface area contributed by atoms with Gasteiger partial charge in [0.05, 0.1) is 19.4 Å². The van der Waals surface area contributed by atoms with Gasteiger partial charge in [0.15, 0.2) is 0 Å². The van der Waals surface area contributed by atoms with E-state index < -0.39 is 10.0 Å². The Labute approximate surface area is 162 Å². The largest absolute Gasteiger partial charge is 0.497 e. The van der Waals surface area contributed by atoms with E-state index in [9.17, 15) is 8.42 Å². The van der Waals surface area contributed by atoms with E-state index in [2.05, 4.69) is 10.1 Å². The molecule has 0 aliphatic carbocycles. The average molecular weight is 408 g/mol. The van der Waals surface area contributed by atoms with E-state index in [4.69, 9.17) is 20.9 Å². The summed E-state index contributed by atoms with van der Waals surface area (Å²) in [6, 6.07) is 14.0. The third-order valence-corrected chi connectivity index (χ3v) is 6.05. The summed E-state index contributed by atoms with van der Waals surface area (Å²) in [5, 5.41) is 4.32. The minimum Gasteiger partial charge on any atom is -0.497 e. The van der Waals surface area contributed by atoms with E-state index in [0.717, 1.165) is 0 Å². The topological polar surface area (TPSA) is 85.5 Å². The lowest BCUT2D eigenvalue weighted by molar-refractivity contribution is 0.336. The van der Waals surface area contributed by atoms with Crippen LogP contribution in [0.5, 0.6) is 5.75 Å². The third kappa shape index (κ3) is 4.65. The van der Waals surface area contributed by atoms with Gasteiger partial charge in [-0.25, -0.2) is 8.42 Å². The SMILES string of the molecule is COc1cccc(-c2noc(CN(C)S(=O)(=O)Cc3ccccc3Cl)n2)c1. The maximum atomic E-state index is 12.6. The highest BCUT2D eigenvalue weighted by Gasteiger charge is 2.22. The zero-order valence-electron chi connectivity index (χ0n) is 14.8. The van der Waals surface area contributed by atoms with E-state index in [1.807, 2.05) is 12.1 Å². The number of ether oxygens (including phenoxy) is 1. The van der Waals surface area contributed by atoms with Crippen LogP contribution in [-0.4, -0.2) is 37.0 Å². The van der Waals surface area contributed by atoms with Crippen LogP contribution in [0, 0.1) is 0 Å². The number of rotatable bonds is 7. The minimum atomic E-state index is -3.60. The van der Waals surface area contributed by atoms with E-state index in [1.54, 1.807) is 43.5 Å². The molecule has 0 unspecified atom stereocenters. The molecule has 0 aliphatic heterocycles. The van der Waals surface area contributed by atoms with E-state index in [1.165, 1.54) is 11.4 Å². The van der Waals surface area contributed by atoms with Crippen LogP contribution < -0.4 is 4.74 Å². The van der Waals surface area contributed by atoms with E-state index in [0.29, 0.717) is 27.7 Å². The summed E-state index contributed by atoms with van der Waals surface area (Å²) in [6.07, 6.45) is 0. The molecule has 2 aromatic carbocycles. The Kier molecular flexibility index (Phi) is 5.79. The quantitative estimate of drug-likeness (QED) is 0.597. The molecule has 1 aromatic heterocycles. The van der Waals surface area contributed by atoms with Gasteiger partial charge >= 0.3 is 0 Å². The van der Waals surface area contributed by atoms with Gasteiger partial charge < -0.3 is 9.26 Å². The summed E-state index contributed by atoms with van der Waals surface area (Å²) >= 11 is 6.06. The van der Waals surface area contributed by atoms with Gasteiger partial charge in [0.2, 0.25) is 21.7 Å². The molecule has 0 saturated carbocycles. The van der Waals surface area contributed by atoms with Gasteiger partial charge in [-0.05, 0) is 23.8 Å². The Bertz CT molecular complexity index is 1040. The third-order valence-electron chi connectivity index (χ3n) is 3.92. The fraction of sp³-hybridized carbons (Fsp3) is 0.222. The molecule has 1 heterocycles. The van der Waals surface area contributed by atoms with Crippen molar-refractivity contribution in [3.8, 4) is 17.1 Å². The first-order chi connectivity index (χ1) is 12.9. The van der Waals surface area contributed by atoms with E-state index >= 15 is 0 Å². The van der Waals surface area contributed by atoms with Crippen molar-refractivity contribution in [3.05, 3.63) is 65.0 Å². The summed E-state index contributed by atoms with van der Waals surface area (Å²) in [4.78, 5) is 4.27. The highest BCUT2D eigenvalue weighted by Crippen LogP contribution is 2.23. The van der Waals surface area contributed by atoms with Crippen LogP contribution in [0.4, 0.5) is 0 Å². The molecule has 0 atom stereocenters. The number of halogens is 1. The summed E-state index contributed by atoms with van der Waals surface area (Å²) < 4.78 is 36.7. The van der Waals surface area contributed by atoms with Gasteiger partial charge in [0.25, 0.3) is 0 Å². The maximum Gasteiger partial charge on any atom is 0.242 e. The number of sulfonamides is 1. The van der Waals surface area contributed by atoms with Crippen LogP contribution in [0.1, 0.15) is 11.5 Å². The van der Waals surface area contributed by atoms with Crippen LogP contribution in [0.2, 0.25) is 5.02 Å². The Hall–Kier alpha value is -2.42. The molecule has 7 nitrogen and oxygen atoms in total. The molecule has 0 radical (unpaired) electrons. The molecule has 0 N–H and O–H groups in total. The zero-order chi connectivity index (χ0) is 19.4. The van der Waals surface area contributed by atoms with Crippen molar-refractivity contribution in [1.82, 2.24) is 14.4 Å². The van der Waals surface area contributed by atoms with Crippen LogP contribution in [-0.2, 0) is 22.3 Å². The zero-order valence-corrected chi connectivity index (χ0v) is 16.4. The van der Waals surface area contributed by atoms with Gasteiger partial charge in [-0.2, -0.15) is 9.29 Å². The van der Waals surface area contributed by atoms with Crippen molar-refractivity contribution in [2.75, 3.05) is 14.2 Å². The first kappa shape index (κ1) is 19.3. The fourth-order valence-electron chi connectivity index (χ4n) is 2.41. The monoisotopic (exact) mass is 407 g/mol. The first-order valence-electron chi connectivity index (χ1n) is 8.03. The lowest BCUT2D eigenvalue weighted by Crippen LogP contribution is -2.28. The molecule has 0 saturated heterocycles. The first-order valence-corrected chi connectivity index (χ1v) is 10.0. The Morgan fingerprint density at radius 3 is 2.70 bits per heavy atom. The molecular formula is C18H18ClN3O4S. The normalized spacial score (nSPS) is 11.7. The Morgan fingerprint density at radius 2 is 1.96 bits per heavy atom. The Balaban J connectivity index is 1.73. The molecule has 0 fully saturated rings. The second-order valence-electron chi connectivity index (χ2n) is 5.85. The number of hydrogen-bond donors (Lipinski definition) is 0. The smallest absolute Gasteiger partial charge is 0.242 e. The van der Waals surface area contributed by atoms with Crippen molar-refractivity contribution in [2.24, 2.45) is 0 Å². The second-order valence-corrected chi connectivity index (χ2v) is 8.33. The summed E-state index contributed by atoms with van der Waals surface area (Å²) in [5.74, 6) is 1.01. The number of aromatic nitrogens is 2. The standard InChI is InChI=1S/C18H18ClN3O4S/c1-22(27(23,24)12-14-6-3-4-9-16(14)19)11-17-20-18(21-26-17)13-7-5-8-15(10-13)25-2/h3-10H,11-12H2,1-2H3. The molecule has 3 aromatic rings. The van der Waals surface area contributed by atoms with Crippen molar-refractivity contribution in [2.45, 2.75) is 12.3 Å². The van der Waals surface area contributed by atoms with Crippen LogP contribution in [0.3, 0.4) is 0 Å². The number of methoxy groups -OCH3 is 1. The summed E-state index contributed by atoms with van der Waals surface area (Å²) in [5.41, 5.74) is 1.25. The molecule has 0 amide bonds. The molecule has 0 bridgehead atoms. The summed E-state index contributed by atoms with van der Waals surface area (Å²) in [7, 11) is -0.570. The fourth-order valence-corrected chi connectivity index (χ4v) is 3.86. The number of nitrogens with zero attached hydrogens (tertiary/aromatic N) is 3. The molecular weight excluding hydrogens is 390 g/mol. The highest BCUT2D eigenvalue weighted by atomic mass is 35.5. The number of hydrogen-bond acceptors (Lipinski definition) is 6. The lowest BCUT2D eigenvalue weighted by atomic mass is 10.2. The predicted octanol–water partition coefficient (Wildman–Crippen LogP) is 3.36. The van der Waals surface area contributed by atoms with E-state index in [-0.39, 0.29) is 18.2 Å². The average Bonchev–Trinajstić information content (AvgIpc) is 3.12. The van der Waals surface area contributed by atoms with Gasteiger partial charge in [-0.3, -0.25) is 0 Å². The molecule has 142 valence electrons. The van der Waals surface area contributed by atoms with Gasteiger partial charge in [-0.15, -0.1) is 0 Å². The van der Waals surface area contributed by atoms with Gasteiger partial charge in [-0.1, -0.05) is 47.1 Å². The lowest BCUT2D eigenvalue weighted by Gasteiger charge is -2.15. The van der Waals surface area contributed by atoms with Crippen LogP contribution >= 0.6 is 11.6 Å². The van der Waals surface area contributed by atoms with Crippen LogP contribution in [0.15, 0.2) is 53.1 Å². The minimum absolute atomic E-state index is 0.0379. The van der Waals surface area contributed by atoms with Gasteiger partial charge in [0.1, 0.15) is 5.75 Å². The predicted molar refractivity (Wildman–Crippen MR) is 102 cm³/mol. The van der Waals surface area contributed by atoms with Crippen molar-refractivity contribution < 1.29 is 17.7 Å². The maximum absolute atomic E-state index is 12.6. The van der Waals surface area contributed by atoms with Crippen molar-refractivity contribution in [1.29, 1.82) is 0 Å². The van der Waals surface area contributed by atoms with Crippen molar-refractivity contribution >= 4 is 21.6 Å². The van der Waals surface area contributed by atoms with Crippen molar-refractivity contribution in [3.63, 3.8) is 0 Å². The summed E-state index contributed by atoms with van der Waals surface area (Å²) in [6.45, 7) is -0.0379. The Morgan fingerprint density at radius 1 is 1.19 bits per heavy atom. The number of benzene rings is 2. The molecule has 27 heavy (non-hydrogen) atoms. The molecule has 0 spiro atoms. The molecule has 0 aliphatic rings. The van der Waals surface area contributed by atoms with Crippen LogP contribution in [0.25, 0.3) is 11.4 Å². The second kappa shape index (κ2) is 8.08.